The number of nitrogens with one attached hydrogen (secondary N) is 3. The zero-order chi connectivity index (χ0) is 17.9. The van der Waals surface area contributed by atoms with Gasteiger partial charge in [-0.05, 0) is 56.4 Å². The van der Waals surface area contributed by atoms with Gasteiger partial charge in [0.25, 0.3) is 0 Å². The van der Waals surface area contributed by atoms with Crippen molar-refractivity contribution in [2.24, 2.45) is 10.9 Å². The van der Waals surface area contributed by atoms with Crippen LogP contribution in [0.2, 0.25) is 0 Å². The van der Waals surface area contributed by atoms with Gasteiger partial charge in [0.15, 0.2) is 5.96 Å². The molecule has 0 spiro atoms. The number of carbonyl (C=O) groups is 1. The maximum atomic E-state index is 12.8. The van der Waals surface area contributed by atoms with Crippen molar-refractivity contribution in [2.75, 3.05) is 38.2 Å². The van der Waals surface area contributed by atoms with Gasteiger partial charge in [0.05, 0.1) is 0 Å². The van der Waals surface area contributed by atoms with Gasteiger partial charge in [0, 0.05) is 32.0 Å². The summed E-state index contributed by atoms with van der Waals surface area (Å²) in [5.41, 5.74) is 0.548. The zero-order valence-corrected chi connectivity index (χ0v) is 17.4. The van der Waals surface area contributed by atoms with Crippen LogP contribution in [0.15, 0.2) is 29.3 Å². The van der Waals surface area contributed by atoms with Crippen LogP contribution in [-0.4, -0.2) is 44.7 Å². The van der Waals surface area contributed by atoms with E-state index in [4.69, 9.17) is 4.74 Å². The number of rotatable bonds is 10. The van der Waals surface area contributed by atoms with E-state index in [2.05, 4.69) is 20.9 Å². The van der Waals surface area contributed by atoms with Crippen LogP contribution in [0.5, 0.6) is 0 Å². The van der Waals surface area contributed by atoms with Gasteiger partial charge in [-0.25, -0.2) is 9.38 Å². The summed E-state index contributed by atoms with van der Waals surface area (Å²) in [6.07, 6.45) is 3.49. The Hall–Kier alpha value is -1.42. The molecule has 0 atom stereocenters. The van der Waals surface area contributed by atoms with Crippen LogP contribution in [-0.2, 0) is 9.53 Å². The lowest BCUT2D eigenvalue weighted by Crippen LogP contribution is -2.38. The molecule has 1 aromatic rings. The lowest BCUT2D eigenvalue weighted by Gasteiger charge is -2.11. The Labute approximate surface area is 171 Å². The van der Waals surface area contributed by atoms with E-state index in [0.29, 0.717) is 18.2 Å². The molecule has 1 fully saturated rings. The number of benzene rings is 1. The number of nitrogens with zero attached hydrogens (tertiary/aromatic N) is 1. The van der Waals surface area contributed by atoms with Crippen LogP contribution < -0.4 is 16.0 Å². The van der Waals surface area contributed by atoms with Crippen molar-refractivity contribution in [3.63, 3.8) is 0 Å². The molecule has 146 valence electrons. The Bertz CT molecular complexity index is 565. The van der Waals surface area contributed by atoms with E-state index in [0.717, 1.165) is 32.1 Å². The van der Waals surface area contributed by atoms with E-state index >= 15 is 0 Å². The van der Waals surface area contributed by atoms with Gasteiger partial charge in [-0.3, -0.25) is 4.79 Å². The molecular weight excluding hydrogens is 450 g/mol. The average molecular weight is 478 g/mol. The first-order chi connectivity index (χ1) is 12.2. The van der Waals surface area contributed by atoms with Crippen molar-refractivity contribution in [2.45, 2.75) is 26.2 Å². The van der Waals surface area contributed by atoms with E-state index in [9.17, 15) is 9.18 Å². The second kappa shape index (κ2) is 12.9. The Balaban J connectivity index is 0.00000338. The third-order valence-corrected chi connectivity index (χ3v) is 3.66. The Morgan fingerprint density at radius 1 is 1.27 bits per heavy atom. The normalized spacial score (nSPS) is 13.7. The van der Waals surface area contributed by atoms with E-state index in [-0.39, 0.29) is 42.2 Å². The molecule has 1 aliphatic rings. The van der Waals surface area contributed by atoms with Gasteiger partial charge in [-0.2, -0.15) is 0 Å². The Morgan fingerprint density at radius 2 is 2.00 bits per heavy atom. The molecule has 3 N–H and O–H groups in total. The number of amides is 1. The lowest BCUT2D eigenvalue weighted by molar-refractivity contribution is -0.114. The maximum absolute atomic E-state index is 12.8. The molecule has 1 saturated carbocycles. The molecule has 0 aromatic heterocycles. The topological polar surface area (TPSA) is 74.8 Å². The first kappa shape index (κ1) is 22.6. The molecule has 0 aliphatic heterocycles. The standard InChI is InChI=1S/C18H27FN4O2.HI/c1-2-20-18(21-10-3-11-25-13-14-4-5-14)22-12-17(24)23-16-8-6-15(19)7-9-16;/h6-9,14H,2-5,10-13H2,1H3,(H,23,24)(H2,20,21,22);1H. The van der Waals surface area contributed by atoms with Gasteiger partial charge < -0.3 is 20.7 Å². The number of anilines is 1. The minimum Gasteiger partial charge on any atom is -0.381 e. The molecule has 1 aromatic carbocycles. The van der Waals surface area contributed by atoms with Crippen LogP contribution in [0.1, 0.15) is 26.2 Å². The van der Waals surface area contributed by atoms with Crippen LogP contribution >= 0.6 is 24.0 Å². The van der Waals surface area contributed by atoms with E-state index in [1.54, 1.807) is 0 Å². The van der Waals surface area contributed by atoms with Crippen LogP contribution in [0.25, 0.3) is 0 Å². The highest BCUT2D eigenvalue weighted by Gasteiger charge is 2.20. The minimum atomic E-state index is -0.337. The Morgan fingerprint density at radius 3 is 2.65 bits per heavy atom. The molecule has 0 bridgehead atoms. The maximum Gasteiger partial charge on any atom is 0.246 e. The second-order valence-corrected chi connectivity index (χ2v) is 6.05. The number of hydrogen-bond acceptors (Lipinski definition) is 3. The van der Waals surface area contributed by atoms with Crippen molar-refractivity contribution in [3.05, 3.63) is 30.1 Å². The fraction of sp³-hybridized carbons (Fsp3) is 0.556. The number of guanidine groups is 1. The second-order valence-electron chi connectivity index (χ2n) is 6.05. The molecule has 8 heteroatoms. The summed E-state index contributed by atoms with van der Waals surface area (Å²) in [6, 6.07) is 5.63. The van der Waals surface area contributed by atoms with E-state index in [1.807, 2.05) is 6.92 Å². The molecule has 0 heterocycles. The summed E-state index contributed by atoms with van der Waals surface area (Å²) in [5.74, 6) is 0.790. The van der Waals surface area contributed by atoms with Gasteiger partial charge in [-0.15, -0.1) is 24.0 Å². The average Bonchev–Trinajstić information content (AvgIpc) is 3.42. The van der Waals surface area contributed by atoms with Crippen molar-refractivity contribution in [3.8, 4) is 0 Å². The fourth-order valence-corrected chi connectivity index (χ4v) is 2.14. The smallest absolute Gasteiger partial charge is 0.246 e. The third-order valence-electron chi connectivity index (χ3n) is 3.66. The number of ether oxygens (including phenoxy) is 1. The highest BCUT2D eigenvalue weighted by molar-refractivity contribution is 14.0. The molecule has 1 amide bonds. The summed E-state index contributed by atoms with van der Waals surface area (Å²) in [4.78, 5) is 16.2. The zero-order valence-electron chi connectivity index (χ0n) is 15.1. The molecule has 0 unspecified atom stereocenters. The highest BCUT2D eigenvalue weighted by Crippen LogP contribution is 2.28. The fourth-order valence-electron chi connectivity index (χ4n) is 2.14. The molecule has 26 heavy (non-hydrogen) atoms. The summed E-state index contributed by atoms with van der Waals surface area (Å²) in [5, 5.41) is 8.96. The van der Waals surface area contributed by atoms with Crippen LogP contribution in [0, 0.1) is 11.7 Å². The van der Waals surface area contributed by atoms with E-state index in [1.165, 1.54) is 37.1 Å². The molecule has 0 saturated heterocycles. The van der Waals surface area contributed by atoms with Crippen molar-refractivity contribution >= 4 is 41.5 Å². The van der Waals surface area contributed by atoms with Crippen molar-refractivity contribution in [1.82, 2.24) is 10.6 Å². The predicted octanol–water partition coefficient (Wildman–Crippen LogP) is 2.75. The highest BCUT2D eigenvalue weighted by atomic mass is 127. The third kappa shape index (κ3) is 9.91. The van der Waals surface area contributed by atoms with Crippen LogP contribution in [0.4, 0.5) is 10.1 Å². The molecular formula is C18H28FIN4O2. The summed E-state index contributed by atoms with van der Waals surface area (Å²) >= 11 is 0. The molecule has 1 aliphatic carbocycles. The molecule has 2 rings (SSSR count). The van der Waals surface area contributed by atoms with Crippen LogP contribution in [0.3, 0.4) is 0 Å². The SMILES string of the molecule is CCNC(=NCC(=O)Nc1ccc(F)cc1)NCCCOCC1CC1.I. The number of carbonyl (C=O) groups excluding carboxylic acids is 1. The predicted molar refractivity (Wildman–Crippen MR) is 113 cm³/mol. The van der Waals surface area contributed by atoms with Gasteiger partial charge in [0.2, 0.25) is 5.91 Å². The number of hydrogen-bond donors (Lipinski definition) is 3. The first-order valence-corrected chi connectivity index (χ1v) is 8.82. The monoisotopic (exact) mass is 478 g/mol. The van der Waals surface area contributed by atoms with Gasteiger partial charge in [-0.1, -0.05) is 0 Å². The Kier molecular flexibility index (Phi) is 11.2. The van der Waals surface area contributed by atoms with Gasteiger partial charge >= 0.3 is 0 Å². The van der Waals surface area contributed by atoms with Gasteiger partial charge in [0.1, 0.15) is 12.4 Å². The number of aliphatic imine (C=N–C) groups is 1. The summed E-state index contributed by atoms with van der Waals surface area (Å²) in [7, 11) is 0. The van der Waals surface area contributed by atoms with Crippen molar-refractivity contribution in [1.29, 1.82) is 0 Å². The number of halogens is 2. The lowest BCUT2D eigenvalue weighted by atomic mass is 10.3. The largest absolute Gasteiger partial charge is 0.381 e. The van der Waals surface area contributed by atoms with Crippen molar-refractivity contribution < 1.29 is 13.9 Å². The molecule has 0 radical (unpaired) electrons. The molecule has 6 nitrogen and oxygen atoms in total. The minimum absolute atomic E-state index is 0. The summed E-state index contributed by atoms with van der Waals surface area (Å²) < 4.78 is 18.4. The quantitative estimate of drug-likeness (QED) is 0.209. The summed E-state index contributed by atoms with van der Waals surface area (Å²) in [6.45, 7) is 5.00. The van der Waals surface area contributed by atoms with E-state index < -0.39 is 0 Å². The first-order valence-electron chi connectivity index (χ1n) is 8.82.